The van der Waals surface area contributed by atoms with Gasteiger partial charge in [0.25, 0.3) is 0 Å². The van der Waals surface area contributed by atoms with Gasteiger partial charge in [0.2, 0.25) is 0 Å². The molecule has 0 spiro atoms. The zero-order chi connectivity index (χ0) is 13.2. The molecule has 3 heteroatoms. The van der Waals surface area contributed by atoms with Crippen LogP contribution in [0.25, 0.3) is 0 Å². The van der Waals surface area contributed by atoms with E-state index in [1.807, 2.05) is 12.1 Å². The van der Waals surface area contributed by atoms with Gasteiger partial charge in [-0.25, -0.2) is 4.98 Å². The van der Waals surface area contributed by atoms with Crippen LogP contribution in [-0.4, -0.2) is 18.1 Å². The van der Waals surface area contributed by atoms with Crippen molar-refractivity contribution in [3.8, 4) is 6.07 Å². The average molecular weight is 249 g/mol. The Morgan fingerprint density at radius 1 is 1.16 bits per heavy atom. The van der Waals surface area contributed by atoms with Crippen molar-refractivity contribution >= 4 is 5.82 Å². The van der Waals surface area contributed by atoms with E-state index >= 15 is 0 Å². The molecule has 0 saturated carbocycles. The van der Waals surface area contributed by atoms with Gasteiger partial charge in [-0.1, -0.05) is 24.3 Å². The highest BCUT2D eigenvalue weighted by Crippen LogP contribution is 2.26. The predicted molar refractivity (Wildman–Crippen MR) is 75.0 cm³/mol. The number of nitrogens with zero attached hydrogens (tertiary/aromatic N) is 3. The normalized spacial score (nSPS) is 13.9. The molecule has 0 amide bonds. The minimum Gasteiger partial charge on any atom is -0.356 e. The lowest BCUT2D eigenvalue weighted by Crippen LogP contribution is -2.32. The van der Waals surface area contributed by atoms with Crippen molar-refractivity contribution in [2.24, 2.45) is 0 Å². The molecule has 0 saturated heterocycles. The molecule has 0 atom stereocenters. The van der Waals surface area contributed by atoms with E-state index in [-0.39, 0.29) is 0 Å². The van der Waals surface area contributed by atoms with Gasteiger partial charge in [0.1, 0.15) is 11.9 Å². The fraction of sp³-hybridized carbons (Fsp3) is 0.250. The van der Waals surface area contributed by atoms with E-state index in [1.165, 1.54) is 11.1 Å². The number of anilines is 1. The van der Waals surface area contributed by atoms with E-state index in [4.69, 9.17) is 5.26 Å². The highest BCUT2D eigenvalue weighted by Gasteiger charge is 2.24. The van der Waals surface area contributed by atoms with Crippen LogP contribution >= 0.6 is 0 Å². The maximum absolute atomic E-state index is 8.79. The number of aromatic nitrogens is 1. The van der Waals surface area contributed by atoms with Gasteiger partial charge in [0.15, 0.2) is 0 Å². The van der Waals surface area contributed by atoms with Crippen LogP contribution in [0.2, 0.25) is 0 Å². The second-order valence-electron chi connectivity index (χ2n) is 4.96. The topological polar surface area (TPSA) is 39.9 Å². The van der Waals surface area contributed by atoms with Gasteiger partial charge in [-0.2, -0.15) is 5.26 Å². The Morgan fingerprint density at radius 3 is 2.37 bits per heavy atom. The highest BCUT2D eigenvalue weighted by molar-refractivity contribution is 5.45. The first-order valence-corrected chi connectivity index (χ1v) is 6.43. The molecule has 3 rings (SSSR count). The molecule has 94 valence electrons. The van der Waals surface area contributed by atoms with Crippen molar-refractivity contribution in [2.45, 2.75) is 18.9 Å². The summed E-state index contributed by atoms with van der Waals surface area (Å²) in [5.74, 6) is 0.928. The van der Waals surface area contributed by atoms with Crippen molar-refractivity contribution in [3.63, 3.8) is 0 Å². The van der Waals surface area contributed by atoms with E-state index in [1.54, 1.807) is 6.20 Å². The number of pyridine rings is 1. The first kappa shape index (κ1) is 11.7. The molecule has 2 aromatic rings. The molecule has 1 aliphatic carbocycles. The van der Waals surface area contributed by atoms with E-state index in [9.17, 15) is 0 Å². The van der Waals surface area contributed by atoms with Crippen LogP contribution in [0.3, 0.4) is 0 Å². The van der Waals surface area contributed by atoms with Gasteiger partial charge in [-0.3, -0.25) is 0 Å². The lowest BCUT2D eigenvalue weighted by atomic mass is 10.1. The zero-order valence-corrected chi connectivity index (χ0v) is 10.9. The number of benzene rings is 1. The second kappa shape index (κ2) is 4.74. The van der Waals surface area contributed by atoms with E-state index in [0.717, 1.165) is 18.7 Å². The van der Waals surface area contributed by atoms with Crippen LogP contribution in [0.15, 0.2) is 42.6 Å². The zero-order valence-electron chi connectivity index (χ0n) is 10.9. The summed E-state index contributed by atoms with van der Waals surface area (Å²) in [6, 6.07) is 14.9. The van der Waals surface area contributed by atoms with Crippen molar-refractivity contribution in [1.29, 1.82) is 5.26 Å². The molecular formula is C16H15N3. The fourth-order valence-electron chi connectivity index (χ4n) is 2.66. The Kier molecular flexibility index (Phi) is 2.92. The number of rotatable bonds is 2. The standard InChI is InChI=1S/C16H15N3/c1-19(16-7-6-12(10-17)11-18-16)15-8-13-4-2-3-5-14(13)9-15/h2-7,11,15H,8-9H2,1H3. The molecule has 1 aromatic carbocycles. The molecule has 0 bridgehead atoms. The largest absolute Gasteiger partial charge is 0.356 e. The third kappa shape index (κ3) is 2.17. The van der Waals surface area contributed by atoms with Crippen molar-refractivity contribution in [3.05, 3.63) is 59.3 Å². The first-order chi connectivity index (χ1) is 9.28. The monoisotopic (exact) mass is 249 g/mol. The predicted octanol–water partition coefficient (Wildman–Crippen LogP) is 2.56. The van der Waals surface area contributed by atoms with Crippen LogP contribution in [0.5, 0.6) is 0 Å². The van der Waals surface area contributed by atoms with Gasteiger partial charge in [0, 0.05) is 19.3 Å². The van der Waals surface area contributed by atoms with Crippen molar-refractivity contribution < 1.29 is 0 Å². The summed E-state index contributed by atoms with van der Waals surface area (Å²) >= 11 is 0. The molecule has 3 nitrogen and oxygen atoms in total. The summed E-state index contributed by atoms with van der Waals surface area (Å²) in [7, 11) is 2.07. The number of hydrogen-bond acceptors (Lipinski definition) is 3. The molecule has 1 heterocycles. The van der Waals surface area contributed by atoms with Gasteiger partial charge in [0.05, 0.1) is 5.56 Å². The first-order valence-electron chi connectivity index (χ1n) is 6.43. The van der Waals surface area contributed by atoms with Crippen LogP contribution in [-0.2, 0) is 12.8 Å². The molecule has 0 N–H and O–H groups in total. The Hall–Kier alpha value is -2.34. The lowest BCUT2D eigenvalue weighted by molar-refractivity contribution is 0.659. The number of fused-ring (bicyclic) bond motifs is 1. The van der Waals surface area contributed by atoms with Gasteiger partial charge >= 0.3 is 0 Å². The highest BCUT2D eigenvalue weighted by atomic mass is 15.2. The summed E-state index contributed by atoms with van der Waals surface area (Å²) < 4.78 is 0. The Morgan fingerprint density at radius 2 is 1.84 bits per heavy atom. The third-order valence-electron chi connectivity index (χ3n) is 3.82. The summed E-state index contributed by atoms with van der Waals surface area (Å²) in [4.78, 5) is 6.57. The van der Waals surface area contributed by atoms with Crippen LogP contribution in [0.1, 0.15) is 16.7 Å². The summed E-state index contributed by atoms with van der Waals surface area (Å²) in [5, 5.41) is 8.79. The summed E-state index contributed by atoms with van der Waals surface area (Å²) in [5.41, 5.74) is 3.48. The van der Waals surface area contributed by atoms with Crippen LogP contribution in [0.4, 0.5) is 5.82 Å². The Bertz CT molecular complexity index is 600. The van der Waals surface area contributed by atoms with Gasteiger partial charge < -0.3 is 4.90 Å². The smallest absolute Gasteiger partial charge is 0.128 e. The third-order valence-corrected chi connectivity index (χ3v) is 3.82. The lowest BCUT2D eigenvalue weighted by Gasteiger charge is -2.25. The quantitative estimate of drug-likeness (QED) is 0.821. The maximum Gasteiger partial charge on any atom is 0.128 e. The molecule has 1 aliphatic rings. The number of hydrogen-bond donors (Lipinski definition) is 0. The molecule has 0 fully saturated rings. The van der Waals surface area contributed by atoms with Crippen LogP contribution < -0.4 is 4.90 Å². The van der Waals surface area contributed by atoms with Gasteiger partial charge in [-0.05, 0) is 36.1 Å². The SMILES string of the molecule is CN(c1ccc(C#N)cn1)C1Cc2ccccc2C1. The average Bonchev–Trinajstić information content (AvgIpc) is 2.90. The van der Waals surface area contributed by atoms with Crippen molar-refractivity contribution in [1.82, 2.24) is 4.98 Å². The second-order valence-corrected chi connectivity index (χ2v) is 4.96. The summed E-state index contributed by atoms with van der Waals surface area (Å²) in [6.45, 7) is 0. The minimum atomic E-state index is 0.456. The van der Waals surface area contributed by atoms with E-state index < -0.39 is 0 Å². The minimum absolute atomic E-state index is 0.456. The molecule has 0 aliphatic heterocycles. The Balaban J connectivity index is 1.79. The Labute approximate surface area is 113 Å². The van der Waals surface area contributed by atoms with Gasteiger partial charge in [-0.15, -0.1) is 0 Å². The number of likely N-dealkylation sites (N-methyl/N-ethyl adjacent to an activating group) is 1. The fourth-order valence-corrected chi connectivity index (χ4v) is 2.66. The van der Waals surface area contributed by atoms with Crippen LogP contribution in [0, 0.1) is 11.3 Å². The molecule has 1 aromatic heterocycles. The molecule has 0 unspecified atom stereocenters. The van der Waals surface area contributed by atoms with Crippen molar-refractivity contribution in [2.75, 3.05) is 11.9 Å². The number of nitriles is 1. The molecule has 19 heavy (non-hydrogen) atoms. The molecular weight excluding hydrogens is 234 g/mol. The summed E-state index contributed by atoms with van der Waals surface area (Å²) in [6.07, 6.45) is 3.76. The molecule has 0 radical (unpaired) electrons. The van der Waals surface area contributed by atoms with E-state index in [2.05, 4.69) is 47.3 Å². The maximum atomic E-state index is 8.79. The van der Waals surface area contributed by atoms with E-state index in [0.29, 0.717) is 11.6 Å².